The molecule has 1 unspecified atom stereocenters. The fourth-order valence-electron chi connectivity index (χ4n) is 3.08. The van der Waals surface area contributed by atoms with E-state index in [0.29, 0.717) is 24.4 Å². The Kier molecular flexibility index (Phi) is 7.77. The highest BCUT2D eigenvalue weighted by Crippen LogP contribution is 2.23. The molecule has 29 heavy (non-hydrogen) atoms. The maximum Gasteiger partial charge on any atom is 0.407 e. The van der Waals surface area contributed by atoms with Gasteiger partial charge in [-0.1, -0.05) is 30.3 Å². The average molecular weight is 401 g/mol. The van der Waals surface area contributed by atoms with Crippen molar-refractivity contribution < 1.29 is 23.8 Å². The van der Waals surface area contributed by atoms with E-state index in [-0.39, 0.29) is 31.8 Å². The van der Waals surface area contributed by atoms with Crippen LogP contribution in [0.15, 0.2) is 36.5 Å². The zero-order chi connectivity index (χ0) is 20.5. The second kappa shape index (κ2) is 10.7. The van der Waals surface area contributed by atoms with Gasteiger partial charge in [-0.05, 0) is 31.7 Å². The summed E-state index contributed by atoms with van der Waals surface area (Å²) in [5.74, 6) is -0.0618. The van der Waals surface area contributed by atoms with Gasteiger partial charge in [0.1, 0.15) is 12.8 Å². The van der Waals surface area contributed by atoms with Crippen molar-refractivity contribution in [3.8, 4) is 0 Å². The number of Topliss-reactive ketones (excluding diaryl/α,β-unsaturated/α-hetero) is 1. The fraction of sp³-hybridized carbons (Fsp3) is 0.476. The van der Waals surface area contributed by atoms with Gasteiger partial charge in [0.25, 0.3) is 0 Å². The predicted octanol–water partition coefficient (Wildman–Crippen LogP) is 3.23. The van der Waals surface area contributed by atoms with E-state index >= 15 is 0 Å². The lowest BCUT2D eigenvalue weighted by Crippen LogP contribution is -2.27. The van der Waals surface area contributed by atoms with Crippen molar-refractivity contribution in [3.63, 3.8) is 0 Å². The molecule has 8 nitrogen and oxygen atoms in total. The minimum atomic E-state index is -0.499. The van der Waals surface area contributed by atoms with E-state index in [1.165, 1.54) is 6.92 Å². The van der Waals surface area contributed by atoms with Gasteiger partial charge >= 0.3 is 6.09 Å². The quantitative estimate of drug-likeness (QED) is 0.512. The van der Waals surface area contributed by atoms with Crippen molar-refractivity contribution in [2.75, 3.05) is 19.8 Å². The monoisotopic (exact) mass is 401 g/mol. The van der Waals surface area contributed by atoms with Crippen molar-refractivity contribution in [1.29, 1.82) is 0 Å². The van der Waals surface area contributed by atoms with Gasteiger partial charge in [-0.2, -0.15) is 5.10 Å². The number of carbonyl (C=O) groups excluding carboxylic acids is 2. The Balaban J connectivity index is 1.40. The third-order valence-electron chi connectivity index (χ3n) is 4.61. The maximum atomic E-state index is 11.9. The molecular weight excluding hydrogens is 374 g/mol. The molecule has 2 aromatic rings. The van der Waals surface area contributed by atoms with Gasteiger partial charge in [-0.25, -0.2) is 9.48 Å². The zero-order valence-corrected chi connectivity index (χ0v) is 16.6. The van der Waals surface area contributed by atoms with Crippen LogP contribution in [-0.4, -0.2) is 41.4 Å². The molecule has 1 atom stereocenters. The molecule has 8 heteroatoms. The lowest BCUT2D eigenvalue weighted by Gasteiger charge is -2.22. The third kappa shape index (κ3) is 6.40. The molecule has 1 fully saturated rings. The summed E-state index contributed by atoms with van der Waals surface area (Å²) in [5.41, 5.74) is 2.04. The summed E-state index contributed by atoms with van der Waals surface area (Å²) >= 11 is 0. The zero-order valence-electron chi connectivity index (χ0n) is 16.6. The van der Waals surface area contributed by atoms with E-state index in [1.807, 2.05) is 30.3 Å². The van der Waals surface area contributed by atoms with Crippen LogP contribution < -0.4 is 5.32 Å². The number of ether oxygens (including phenoxy) is 3. The molecule has 156 valence electrons. The molecular formula is C21H27N3O5. The number of amides is 1. The van der Waals surface area contributed by atoms with Crippen molar-refractivity contribution in [2.24, 2.45) is 0 Å². The molecule has 1 aliphatic heterocycles. The van der Waals surface area contributed by atoms with Crippen LogP contribution in [-0.2, 0) is 27.4 Å². The molecule has 1 N–H and O–H groups in total. The lowest BCUT2D eigenvalue weighted by molar-refractivity contribution is -0.0400. The summed E-state index contributed by atoms with van der Waals surface area (Å²) in [5, 5.41) is 7.12. The van der Waals surface area contributed by atoms with Gasteiger partial charge in [0, 0.05) is 19.3 Å². The summed E-state index contributed by atoms with van der Waals surface area (Å²) in [6.45, 7) is 3.21. The van der Waals surface area contributed by atoms with Crippen LogP contribution in [0.4, 0.5) is 4.79 Å². The highest BCUT2D eigenvalue weighted by molar-refractivity contribution is 5.94. The first kappa shape index (κ1) is 21.0. The summed E-state index contributed by atoms with van der Waals surface area (Å²) in [7, 11) is 0. The largest absolute Gasteiger partial charge is 0.445 e. The van der Waals surface area contributed by atoms with E-state index in [1.54, 1.807) is 10.9 Å². The van der Waals surface area contributed by atoms with E-state index in [9.17, 15) is 9.59 Å². The molecule has 1 aromatic carbocycles. The van der Waals surface area contributed by atoms with E-state index in [4.69, 9.17) is 14.2 Å². The smallest absolute Gasteiger partial charge is 0.407 e. The number of ketones is 1. The lowest BCUT2D eigenvalue weighted by atomic mass is 10.2. The molecule has 0 spiro atoms. The van der Waals surface area contributed by atoms with Crippen LogP contribution >= 0.6 is 0 Å². The van der Waals surface area contributed by atoms with Crippen LogP contribution in [0.5, 0.6) is 0 Å². The molecule has 1 saturated heterocycles. The molecule has 1 aliphatic rings. The topological polar surface area (TPSA) is 91.7 Å². The first-order valence-corrected chi connectivity index (χ1v) is 9.86. The second-order valence-corrected chi connectivity index (χ2v) is 6.89. The molecule has 1 aromatic heterocycles. The van der Waals surface area contributed by atoms with Crippen LogP contribution in [0.3, 0.4) is 0 Å². The van der Waals surface area contributed by atoms with Gasteiger partial charge < -0.3 is 19.5 Å². The number of aromatic nitrogens is 2. The minimum Gasteiger partial charge on any atom is -0.445 e. The minimum absolute atomic E-state index is 0.0618. The second-order valence-electron chi connectivity index (χ2n) is 6.89. The van der Waals surface area contributed by atoms with Crippen molar-refractivity contribution in [2.45, 2.75) is 45.6 Å². The Hall–Kier alpha value is -2.71. The van der Waals surface area contributed by atoms with Crippen LogP contribution in [0.1, 0.15) is 54.0 Å². The van der Waals surface area contributed by atoms with Crippen LogP contribution in [0.25, 0.3) is 0 Å². The van der Waals surface area contributed by atoms with Gasteiger partial charge in [-0.15, -0.1) is 0 Å². The van der Waals surface area contributed by atoms with Crippen LogP contribution in [0.2, 0.25) is 0 Å². The number of rotatable bonds is 9. The summed E-state index contributed by atoms with van der Waals surface area (Å²) in [4.78, 5) is 23.6. The average Bonchev–Trinajstić information content (AvgIpc) is 3.18. The Morgan fingerprint density at radius 1 is 1.24 bits per heavy atom. The van der Waals surface area contributed by atoms with E-state index < -0.39 is 6.09 Å². The van der Waals surface area contributed by atoms with E-state index in [2.05, 4.69) is 10.4 Å². The standard InChI is InChI=1S/C21H27N3O5/c1-16(25)18-13-24(20-9-5-6-11-28-20)23-19(18)15-27-12-10-22-21(26)29-14-17-7-3-2-4-8-17/h2-4,7-8,13,20H,5-6,9-12,14-15H2,1H3,(H,22,26). The van der Waals surface area contributed by atoms with Crippen molar-refractivity contribution in [1.82, 2.24) is 15.1 Å². The van der Waals surface area contributed by atoms with Gasteiger partial charge in [-0.3, -0.25) is 4.79 Å². The van der Waals surface area contributed by atoms with Gasteiger partial charge in [0.2, 0.25) is 0 Å². The van der Waals surface area contributed by atoms with Crippen molar-refractivity contribution >= 4 is 11.9 Å². The number of alkyl carbamates (subject to hydrolysis) is 1. The summed E-state index contributed by atoms with van der Waals surface area (Å²) in [6, 6.07) is 9.47. The molecule has 0 bridgehead atoms. The molecule has 2 heterocycles. The Bertz CT molecular complexity index is 800. The fourth-order valence-corrected chi connectivity index (χ4v) is 3.08. The molecule has 0 saturated carbocycles. The summed E-state index contributed by atoms with van der Waals surface area (Å²) < 4.78 is 18.2. The molecule has 3 rings (SSSR count). The first-order chi connectivity index (χ1) is 14.1. The van der Waals surface area contributed by atoms with Gasteiger partial charge in [0.15, 0.2) is 5.78 Å². The molecule has 1 amide bonds. The predicted molar refractivity (Wildman–Crippen MR) is 105 cm³/mol. The highest BCUT2D eigenvalue weighted by Gasteiger charge is 2.20. The van der Waals surface area contributed by atoms with Crippen LogP contribution in [0, 0.1) is 0 Å². The normalized spacial score (nSPS) is 16.4. The third-order valence-corrected chi connectivity index (χ3v) is 4.61. The van der Waals surface area contributed by atoms with Gasteiger partial charge in [0.05, 0.1) is 24.5 Å². The highest BCUT2D eigenvalue weighted by atomic mass is 16.5. The number of hydrogen-bond donors (Lipinski definition) is 1. The van der Waals surface area contributed by atoms with Crippen molar-refractivity contribution in [3.05, 3.63) is 53.3 Å². The number of hydrogen-bond acceptors (Lipinski definition) is 6. The number of nitrogens with one attached hydrogen (secondary N) is 1. The maximum absolute atomic E-state index is 11.9. The Labute approximate surface area is 170 Å². The SMILES string of the molecule is CC(=O)c1cn(C2CCCCO2)nc1COCCNC(=O)OCc1ccccc1. The molecule has 0 aliphatic carbocycles. The van der Waals surface area contributed by atoms with E-state index in [0.717, 1.165) is 24.8 Å². The Morgan fingerprint density at radius 2 is 2.07 bits per heavy atom. The summed E-state index contributed by atoms with van der Waals surface area (Å²) in [6.07, 6.45) is 4.12. The first-order valence-electron chi connectivity index (χ1n) is 9.86. The Morgan fingerprint density at radius 3 is 2.79 bits per heavy atom. The number of carbonyl (C=O) groups is 2. The number of benzene rings is 1. The number of nitrogens with zero attached hydrogens (tertiary/aromatic N) is 2. The molecule has 0 radical (unpaired) electrons.